The van der Waals surface area contributed by atoms with Crippen LogP contribution in [0.1, 0.15) is 11.1 Å². The molecule has 2 nitrogen and oxygen atoms in total. The molecule has 0 unspecified atom stereocenters. The zero-order valence-electron chi connectivity index (χ0n) is 13.8. The average molecular weight is 317 g/mol. The number of ether oxygens (including phenoxy) is 2. The molecule has 0 atom stereocenters. The van der Waals surface area contributed by atoms with Crippen molar-refractivity contribution in [1.29, 1.82) is 0 Å². The van der Waals surface area contributed by atoms with Crippen LogP contribution in [0.5, 0.6) is 5.75 Å². The SMILES string of the molecule is COc1ccc(COC[C-](C=C2C=CC=C2)c2ccccc2)cc1. The van der Waals surface area contributed by atoms with E-state index in [0.29, 0.717) is 13.2 Å². The maximum absolute atomic E-state index is 5.95. The minimum atomic E-state index is 0.571. The van der Waals surface area contributed by atoms with Crippen LogP contribution in [0.2, 0.25) is 0 Å². The third-order valence-electron chi connectivity index (χ3n) is 3.86. The lowest BCUT2D eigenvalue weighted by Gasteiger charge is -2.22. The first-order valence-electron chi connectivity index (χ1n) is 8.03. The van der Waals surface area contributed by atoms with Gasteiger partial charge in [0.05, 0.1) is 13.7 Å². The van der Waals surface area contributed by atoms with Crippen molar-refractivity contribution >= 4 is 0 Å². The van der Waals surface area contributed by atoms with Crippen molar-refractivity contribution in [1.82, 2.24) is 0 Å². The molecule has 2 heteroatoms. The van der Waals surface area contributed by atoms with Crippen molar-refractivity contribution in [3.05, 3.63) is 108 Å². The van der Waals surface area contributed by atoms with E-state index in [9.17, 15) is 0 Å². The van der Waals surface area contributed by atoms with E-state index in [4.69, 9.17) is 9.47 Å². The van der Waals surface area contributed by atoms with Gasteiger partial charge in [-0.15, -0.1) is 41.8 Å². The van der Waals surface area contributed by atoms with Gasteiger partial charge in [0.2, 0.25) is 0 Å². The highest BCUT2D eigenvalue weighted by molar-refractivity contribution is 5.48. The number of methoxy groups -OCH3 is 1. The number of rotatable bonds is 7. The van der Waals surface area contributed by atoms with E-state index in [-0.39, 0.29) is 0 Å². The highest BCUT2D eigenvalue weighted by atomic mass is 16.5. The van der Waals surface area contributed by atoms with E-state index < -0.39 is 0 Å². The molecule has 122 valence electrons. The summed E-state index contributed by atoms with van der Waals surface area (Å²) in [5.41, 5.74) is 3.52. The first-order chi connectivity index (χ1) is 11.8. The molecule has 0 saturated carbocycles. The zero-order chi connectivity index (χ0) is 16.6. The number of hydrogen-bond donors (Lipinski definition) is 0. The Bertz CT molecular complexity index is 710. The Hall–Kier alpha value is -2.71. The van der Waals surface area contributed by atoms with Gasteiger partial charge in [-0.05, 0) is 17.7 Å². The molecule has 0 aliphatic heterocycles. The summed E-state index contributed by atoms with van der Waals surface area (Å²) < 4.78 is 11.1. The summed E-state index contributed by atoms with van der Waals surface area (Å²) in [5, 5.41) is 0. The predicted molar refractivity (Wildman–Crippen MR) is 97.8 cm³/mol. The van der Waals surface area contributed by atoms with Crippen LogP contribution in [-0.4, -0.2) is 13.7 Å². The molecule has 0 N–H and O–H groups in total. The fourth-order valence-electron chi connectivity index (χ4n) is 2.55. The molecule has 0 fully saturated rings. The van der Waals surface area contributed by atoms with Crippen molar-refractivity contribution in [3.63, 3.8) is 0 Å². The topological polar surface area (TPSA) is 18.5 Å². The second-order valence-electron chi connectivity index (χ2n) is 5.59. The Morgan fingerprint density at radius 3 is 2.29 bits per heavy atom. The summed E-state index contributed by atoms with van der Waals surface area (Å²) in [4.78, 5) is 0. The third kappa shape index (κ3) is 4.40. The Balaban J connectivity index is 1.64. The number of hydrogen-bond acceptors (Lipinski definition) is 2. The summed E-state index contributed by atoms with van der Waals surface area (Å²) in [6, 6.07) is 18.3. The molecule has 0 spiro atoms. The standard InChI is InChI=1S/C22H21O2/c1-23-22-13-11-19(12-14-22)16-24-17-21(15-18-7-5-6-8-18)20-9-3-2-4-10-20/h2-15H,16-17H2,1H3/q-1. The average Bonchev–Trinajstić information content (AvgIpc) is 3.15. The van der Waals surface area contributed by atoms with Crippen molar-refractivity contribution in [2.75, 3.05) is 13.7 Å². The molecular weight excluding hydrogens is 296 g/mol. The second kappa shape index (κ2) is 8.23. The van der Waals surface area contributed by atoms with Crippen LogP contribution >= 0.6 is 0 Å². The first kappa shape index (κ1) is 16.2. The van der Waals surface area contributed by atoms with Crippen molar-refractivity contribution in [2.24, 2.45) is 0 Å². The van der Waals surface area contributed by atoms with Gasteiger partial charge in [-0.1, -0.05) is 48.1 Å². The molecule has 2 aromatic carbocycles. The summed E-state index contributed by atoms with van der Waals surface area (Å²) in [6.45, 7) is 1.15. The molecule has 1 aliphatic carbocycles. The van der Waals surface area contributed by atoms with Crippen LogP contribution in [0, 0.1) is 5.92 Å². The quantitative estimate of drug-likeness (QED) is 0.677. The lowest BCUT2D eigenvalue weighted by atomic mass is 9.97. The monoisotopic (exact) mass is 317 g/mol. The summed E-state index contributed by atoms with van der Waals surface area (Å²) in [6.07, 6.45) is 10.5. The normalized spacial score (nSPS) is 12.5. The fraction of sp³-hybridized carbons (Fsp3) is 0.136. The Morgan fingerprint density at radius 2 is 1.62 bits per heavy atom. The van der Waals surface area contributed by atoms with Crippen LogP contribution < -0.4 is 4.74 Å². The molecule has 0 saturated heterocycles. The molecule has 1 aliphatic rings. The van der Waals surface area contributed by atoms with E-state index >= 15 is 0 Å². The fourth-order valence-corrected chi connectivity index (χ4v) is 2.55. The molecular formula is C22H21O2-. The summed E-state index contributed by atoms with van der Waals surface area (Å²) in [5.74, 6) is 2.04. The van der Waals surface area contributed by atoms with E-state index in [0.717, 1.165) is 11.3 Å². The van der Waals surface area contributed by atoms with Crippen LogP contribution in [0.3, 0.4) is 0 Å². The highest BCUT2D eigenvalue weighted by Gasteiger charge is 2.03. The first-order valence-corrected chi connectivity index (χ1v) is 8.03. The van der Waals surface area contributed by atoms with Gasteiger partial charge in [-0.2, -0.15) is 0 Å². The molecule has 0 aromatic heterocycles. The third-order valence-corrected chi connectivity index (χ3v) is 3.86. The maximum atomic E-state index is 5.95. The lowest BCUT2D eigenvalue weighted by Crippen LogP contribution is -2.07. The molecule has 0 amide bonds. The Labute approximate surface area is 143 Å². The van der Waals surface area contributed by atoms with Gasteiger partial charge in [0.1, 0.15) is 5.75 Å². The molecule has 3 rings (SSSR count). The van der Waals surface area contributed by atoms with Gasteiger partial charge < -0.3 is 9.47 Å². The minimum absolute atomic E-state index is 0.571. The molecule has 0 bridgehead atoms. The number of benzene rings is 2. The van der Waals surface area contributed by atoms with E-state index in [1.807, 2.05) is 42.5 Å². The van der Waals surface area contributed by atoms with Crippen molar-refractivity contribution in [2.45, 2.75) is 6.61 Å². The van der Waals surface area contributed by atoms with Crippen molar-refractivity contribution in [3.8, 4) is 5.75 Å². The van der Waals surface area contributed by atoms with Crippen molar-refractivity contribution < 1.29 is 9.47 Å². The van der Waals surface area contributed by atoms with Gasteiger partial charge in [-0.3, -0.25) is 0 Å². The molecule has 24 heavy (non-hydrogen) atoms. The smallest absolute Gasteiger partial charge is 0.118 e. The Morgan fingerprint density at radius 1 is 0.917 bits per heavy atom. The largest absolute Gasteiger partial charge is 0.497 e. The van der Waals surface area contributed by atoms with Crippen LogP contribution in [-0.2, 0) is 11.3 Å². The summed E-state index contributed by atoms with van der Waals surface area (Å²) >= 11 is 0. The molecule has 0 heterocycles. The van der Waals surface area contributed by atoms with Gasteiger partial charge >= 0.3 is 0 Å². The molecule has 2 aromatic rings. The second-order valence-corrected chi connectivity index (χ2v) is 5.59. The van der Waals surface area contributed by atoms with Gasteiger partial charge in [0.25, 0.3) is 0 Å². The summed E-state index contributed by atoms with van der Waals surface area (Å²) in [7, 11) is 1.67. The van der Waals surface area contributed by atoms with E-state index in [2.05, 4.69) is 42.5 Å². The van der Waals surface area contributed by atoms with E-state index in [1.165, 1.54) is 17.1 Å². The van der Waals surface area contributed by atoms with Gasteiger partial charge in [0, 0.05) is 6.61 Å². The highest BCUT2D eigenvalue weighted by Crippen LogP contribution is 2.21. The number of allylic oxidation sites excluding steroid dienone is 5. The minimum Gasteiger partial charge on any atom is -0.497 e. The van der Waals surface area contributed by atoms with Gasteiger partial charge in [-0.25, -0.2) is 0 Å². The van der Waals surface area contributed by atoms with E-state index in [1.54, 1.807) is 7.11 Å². The van der Waals surface area contributed by atoms with Crippen LogP contribution in [0.15, 0.2) is 90.6 Å². The maximum Gasteiger partial charge on any atom is 0.118 e. The van der Waals surface area contributed by atoms with Crippen LogP contribution in [0.4, 0.5) is 0 Å². The van der Waals surface area contributed by atoms with Crippen LogP contribution in [0.25, 0.3) is 0 Å². The Kier molecular flexibility index (Phi) is 5.54. The predicted octanol–water partition coefficient (Wildman–Crippen LogP) is 4.89. The molecule has 0 radical (unpaired) electrons. The van der Waals surface area contributed by atoms with Gasteiger partial charge in [0.15, 0.2) is 0 Å². The lowest BCUT2D eigenvalue weighted by molar-refractivity contribution is 0.136. The zero-order valence-corrected chi connectivity index (χ0v) is 13.8.